The van der Waals surface area contributed by atoms with Crippen molar-refractivity contribution >= 4 is 119 Å². The molecule has 10 heteroatoms. The molecule has 37 heavy (non-hydrogen) atoms. The zero-order chi connectivity index (χ0) is 27.4. The van der Waals surface area contributed by atoms with Gasteiger partial charge in [0.2, 0.25) is 0 Å². The molecule has 0 saturated carbocycles. The highest BCUT2D eigenvalue weighted by Crippen LogP contribution is 2.24. The Bertz CT molecular complexity index is 1260. The predicted molar refractivity (Wildman–Crippen MR) is 188 cm³/mol. The minimum absolute atomic E-state index is 0.271. The van der Waals surface area contributed by atoms with E-state index >= 15 is 0 Å². The van der Waals surface area contributed by atoms with Gasteiger partial charge in [-0.3, -0.25) is 0 Å². The highest BCUT2D eigenvalue weighted by molar-refractivity contribution is 14.1. The minimum Gasteiger partial charge on any atom is -0.508 e. The molecule has 0 fully saturated rings. The number of hydrogen-bond donors (Lipinski definition) is 1. The summed E-state index contributed by atoms with van der Waals surface area (Å²) >= 11 is 26.2. The molecule has 0 spiro atoms. The van der Waals surface area contributed by atoms with Gasteiger partial charge in [0, 0.05) is 17.2 Å². The SMILES string of the molecule is BrB(Br)Br.COc1ccc(Cc2cc(I)ccc2Cl)cc1.Oc1ccc(Cc2cc(I)ccc2Cl)cc1. The number of rotatable bonds is 5. The number of ether oxygens (including phenoxy) is 1. The molecule has 4 rings (SSSR count). The van der Waals surface area contributed by atoms with Gasteiger partial charge in [0.05, 0.1) is 7.11 Å². The first-order valence-corrected chi connectivity index (χ1v) is 16.4. The lowest BCUT2D eigenvalue weighted by molar-refractivity contribution is 0.414. The van der Waals surface area contributed by atoms with Crippen molar-refractivity contribution in [3.05, 3.63) is 124 Å². The molecule has 194 valence electrons. The first-order chi connectivity index (χ1) is 17.6. The largest absolute Gasteiger partial charge is 0.508 e. The molecule has 0 aliphatic heterocycles. The van der Waals surface area contributed by atoms with E-state index in [9.17, 15) is 5.11 Å². The molecule has 0 saturated heterocycles. The third kappa shape index (κ3) is 13.3. The van der Waals surface area contributed by atoms with Crippen LogP contribution in [-0.4, -0.2) is 15.4 Å². The quantitative estimate of drug-likeness (QED) is 0.160. The molecule has 4 aromatic carbocycles. The topological polar surface area (TPSA) is 29.5 Å². The van der Waals surface area contributed by atoms with Crippen LogP contribution >= 0.6 is 116 Å². The van der Waals surface area contributed by atoms with E-state index in [0.717, 1.165) is 45.3 Å². The van der Waals surface area contributed by atoms with Crippen LogP contribution in [0, 0.1) is 7.14 Å². The highest BCUT2D eigenvalue weighted by atomic mass is 127. The maximum atomic E-state index is 9.19. The Balaban J connectivity index is 0.000000228. The van der Waals surface area contributed by atoms with Gasteiger partial charge in [0.15, 0.2) is 0 Å². The summed E-state index contributed by atoms with van der Waals surface area (Å²) in [5, 5.41) is 10.8. The fourth-order valence-electron chi connectivity index (χ4n) is 3.15. The van der Waals surface area contributed by atoms with E-state index in [1.165, 1.54) is 12.7 Å². The summed E-state index contributed by atoms with van der Waals surface area (Å²) in [5.41, 5.74) is 4.64. The summed E-state index contributed by atoms with van der Waals surface area (Å²) in [6.07, 6.45) is 1.63. The van der Waals surface area contributed by atoms with Crippen LogP contribution in [0.2, 0.25) is 10.0 Å². The average Bonchev–Trinajstić information content (AvgIpc) is 2.86. The fourth-order valence-corrected chi connectivity index (χ4v) is 4.63. The van der Waals surface area contributed by atoms with Crippen LogP contribution in [-0.2, 0) is 12.8 Å². The third-order valence-corrected chi connectivity index (χ3v) is 6.98. The number of halogens is 7. The standard InChI is InChI=1S/C14H12ClIO.C13H10ClIO.BBr3/c1-17-13-5-2-10(3-6-13)8-11-9-12(16)4-7-14(11)15;14-13-6-3-11(15)8-10(13)7-9-1-4-12(16)5-2-9;2-1(3)4/h2-7,9H,8H2,1H3;1-6,8,16H,7H2;. The Hall–Kier alpha value is 0.0249. The minimum atomic E-state index is 0.271. The summed E-state index contributed by atoms with van der Waals surface area (Å²) < 4.78 is 7.79. The molecule has 1 N–H and O–H groups in total. The summed E-state index contributed by atoms with van der Waals surface area (Å²) in [4.78, 5) is 0. The number of phenolic OH excluding ortho intramolecular Hbond substituents is 1. The van der Waals surface area contributed by atoms with Crippen LogP contribution in [0.5, 0.6) is 11.5 Å². The van der Waals surface area contributed by atoms with Gasteiger partial charge in [0.1, 0.15) is 11.5 Å². The Labute approximate surface area is 281 Å². The van der Waals surface area contributed by atoms with Gasteiger partial charge in [-0.15, -0.1) is 47.3 Å². The zero-order valence-electron chi connectivity index (χ0n) is 19.6. The predicted octanol–water partition coefficient (Wildman–Crippen LogP) is 10.9. The van der Waals surface area contributed by atoms with Gasteiger partial charge in [-0.2, -0.15) is 0 Å². The second-order valence-electron chi connectivity index (χ2n) is 7.59. The summed E-state index contributed by atoms with van der Waals surface area (Å²) in [5.74, 6) is 1.17. The molecule has 0 aliphatic rings. The van der Waals surface area contributed by atoms with Crippen LogP contribution in [0.3, 0.4) is 0 Å². The summed E-state index contributed by atoms with van der Waals surface area (Å²) in [7, 11) is 1.67. The van der Waals surface area contributed by atoms with Gasteiger partial charge >= 0.3 is 3.18 Å². The molecule has 0 atom stereocenters. The third-order valence-electron chi connectivity index (χ3n) is 4.90. The molecular formula is C27H22BBr3Cl2I2O2. The Morgan fingerprint density at radius 2 is 1.08 bits per heavy atom. The van der Waals surface area contributed by atoms with Crippen molar-refractivity contribution in [1.29, 1.82) is 0 Å². The van der Waals surface area contributed by atoms with Gasteiger partial charge in [-0.1, -0.05) is 47.5 Å². The molecule has 0 bridgehead atoms. The summed E-state index contributed by atoms with van der Waals surface area (Å²) in [6.45, 7) is 0. The lowest BCUT2D eigenvalue weighted by Crippen LogP contribution is -1.91. The number of hydrogen-bond acceptors (Lipinski definition) is 2. The van der Waals surface area contributed by atoms with E-state index in [4.69, 9.17) is 27.9 Å². The van der Waals surface area contributed by atoms with Crippen LogP contribution in [0.15, 0.2) is 84.9 Å². The zero-order valence-corrected chi connectivity index (χ0v) is 30.2. The van der Waals surface area contributed by atoms with Crippen LogP contribution in [0.4, 0.5) is 0 Å². The van der Waals surface area contributed by atoms with Crippen molar-refractivity contribution in [3.8, 4) is 11.5 Å². The number of benzene rings is 4. The normalized spacial score (nSPS) is 9.95. The Kier molecular flexibility index (Phi) is 15.9. The van der Waals surface area contributed by atoms with Gasteiger partial charge in [0.25, 0.3) is 0 Å². The highest BCUT2D eigenvalue weighted by Gasteiger charge is 2.04. The van der Waals surface area contributed by atoms with Crippen molar-refractivity contribution in [2.75, 3.05) is 7.11 Å². The van der Waals surface area contributed by atoms with E-state index in [2.05, 4.69) is 117 Å². The van der Waals surface area contributed by atoms with E-state index in [1.54, 1.807) is 19.2 Å². The fraction of sp³-hybridized carbons (Fsp3) is 0.111. The average molecular weight is 954 g/mol. The van der Waals surface area contributed by atoms with Crippen molar-refractivity contribution < 1.29 is 9.84 Å². The van der Waals surface area contributed by atoms with Gasteiger partial charge < -0.3 is 9.84 Å². The smallest absolute Gasteiger partial charge is 0.369 e. The van der Waals surface area contributed by atoms with Crippen molar-refractivity contribution in [1.82, 2.24) is 0 Å². The Morgan fingerprint density at radius 3 is 1.46 bits per heavy atom. The second kappa shape index (κ2) is 17.7. The summed E-state index contributed by atoms with van der Waals surface area (Å²) in [6, 6.07) is 27.3. The molecule has 0 radical (unpaired) electrons. The van der Waals surface area contributed by atoms with E-state index in [1.807, 2.05) is 48.5 Å². The first-order valence-electron chi connectivity index (χ1n) is 10.8. The van der Waals surface area contributed by atoms with Crippen LogP contribution in [0.25, 0.3) is 0 Å². The van der Waals surface area contributed by atoms with Crippen LogP contribution < -0.4 is 4.74 Å². The number of aromatic hydroxyl groups is 1. The van der Waals surface area contributed by atoms with E-state index in [0.29, 0.717) is 0 Å². The van der Waals surface area contributed by atoms with Crippen molar-refractivity contribution in [3.63, 3.8) is 0 Å². The van der Waals surface area contributed by atoms with Crippen LogP contribution in [0.1, 0.15) is 22.3 Å². The molecule has 0 aromatic heterocycles. The first kappa shape index (κ1) is 33.2. The molecule has 0 amide bonds. The number of phenols is 1. The molecule has 4 aromatic rings. The monoisotopic (exact) mass is 950 g/mol. The second-order valence-corrected chi connectivity index (χ2v) is 17.3. The van der Waals surface area contributed by atoms with E-state index < -0.39 is 0 Å². The Morgan fingerprint density at radius 1 is 0.703 bits per heavy atom. The molecule has 0 unspecified atom stereocenters. The maximum Gasteiger partial charge on any atom is 0.369 e. The van der Waals surface area contributed by atoms with Gasteiger partial charge in [-0.05, 0) is 141 Å². The lowest BCUT2D eigenvalue weighted by Gasteiger charge is -2.06. The van der Waals surface area contributed by atoms with Crippen molar-refractivity contribution in [2.24, 2.45) is 0 Å². The molecule has 2 nitrogen and oxygen atoms in total. The molecule has 0 aliphatic carbocycles. The maximum absolute atomic E-state index is 9.19. The van der Waals surface area contributed by atoms with Crippen molar-refractivity contribution in [2.45, 2.75) is 12.8 Å². The molecular weight excluding hydrogens is 932 g/mol. The number of methoxy groups -OCH3 is 1. The lowest BCUT2D eigenvalue weighted by atomic mass is 10.1. The van der Waals surface area contributed by atoms with Gasteiger partial charge in [-0.25, -0.2) is 0 Å². The molecule has 0 heterocycles. The van der Waals surface area contributed by atoms with E-state index in [-0.39, 0.29) is 8.93 Å².